The molecule has 1 aliphatic rings. The number of hydrogen-bond acceptors (Lipinski definition) is 6. The number of amides is 3. The van der Waals surface area contributed by atoms with Crippen molar-refractivity contribution in [3.05, 3.63) is 59.2 Å². The molecule has 2 aromatic rings. The highest BCUT2D eigenvalue weighted by Crippen LogP contribution is 2.24. The van der Waals surface area contributed by atoms with E-state index in [0.717, 1.165) is 30.5 Å². The van der Waals surface area contributed by atoms with E-state index in [0.29, 0.717) is 49.7 Å². The topological polar surface area (TPSA) is 100 Å². The first-order valence-corrected chi connectivity index (χ1v) is 11.8. The summed E-state index contributed by atoms with van der Waals surface area (Å²) in [6.45, 7) is 2.60. The number of carbonyl (C=O) groups excluding carboxylic acids is 3. The molecular weight excluding hydrogens is 448 g/mol. The lowest BCUT2D eigenvalue weighted by Crippen LogP contribution is -2.41. The number of methoxy groups -OCH3 is 1. The van der Waals surface area contributed by atoms with Crippen LogP contribution >= 0.6 is 0 Å². The summed E-state index contributed by atoms with van der Waals surface area (Å²) >= 11 is 0. The molecule has 0 unspecified atom stereocenters. The van der Waals surface area contributed by atoms with E-state index in [1.165, 1.54) is 7.11 Å². The second-order valence-electron chi connectivity index (χ2n) is 8.56. The number of urea groups is 1. The fourth-order valence-electron chi connectivity index (χ4n) is 3.79. The molecule has 2 N–H and O–H groups in total. The monoisotopic (exact) mass is 482 g/mol. The van der Waals surface area contributed by atoms with Crippen molar-refractivity contribution in [2.75, 3.05) is 64.3 Å². The Hall–Kier alpha value is -3.59. The Labute approximate surface area is 206 Å². The van der Waals surface area contributed by atoms with Gasteiger partial charge < -0.3 is 29.9 Å². The zero-order chi connectivity index (χ0) is 25.2. The molecule has 0 atom stereocenters. The van der Waals surface area contributed by atoms with Gasteiger partial charge >= 0.3 is 12.0 Å². The predicted molar refractivity (Wildman–Crippen MR) is 135 cm³/mol. The van der Waals surface area contributed by atoms with Crippen molar-refractivity contribution in [2.45, 2.75) is 19.3 Å². The quantitative estimate of drug-likeness (QED) is 0.421. The van der Waals surface area contributed by atoms with Crippen LogP contribution in [0.15, 0.2) is 42.5 Å². The maximum absolute atomic E-state index is 13.1. The van der Waals surface area contributed by atoms with Crippen LogP contribution in [0.1, 0.15) is 39.1 Å². The summed E-state index contributed by atoms with van der Waals surface area (Å²) in [5.74, 6) is -0.468. The van der Waals surface area contributed by atoms with Crippen molar-refractivity contribution in [1.29, 1.82) is 0 Å². The molecule has 9 heteroatoms. The van der Waals surface area contributed by atoms with E-state index in [1.54, 1.807) is 23.1 Å². The van der Waals surface area contributed by atoms with Gasteiger partial charge in [0.25, 0.3) is 5.91 Å². The van der Waals surface area contributed by atoms with Gasteiger partial charge in [-0.3, -0.25) is 4.79 Å². The lowest BCUT2D eigenvalue weighted by molar-refractivity contribution is 0.0303. The van der Waals surface area contributed by atoms with Crippen LogP contribution in [0, 0.1) is 0 Å². The molecule has 0 saturated carbocycles. The molecule has 0 bridgehead atoms. The summed E-state index contributed by atoms with van der Waals surface area (Å²) in [6.07, 6.45) is 2.52. The van der Waals surface area contributed by atoms with Crippen LogP contribution in [0.4, 0.5) is 16.2 Å². The lowest BCUT2D eigenvalue weighted by atomic mass is 10.1. The van der Waals surface area contributed by atoms with E-state index in [9.17, 15) is 14.4 Å². The maximum Gasteiger partial charge on any atom is 0.337 e. The summed E-state index contributed by atoms with van der Waals surface area (Å²) < 4.78 is 10.1. The van der Waals surface area contributed by atoms with Gasteiger partial charge in [0, 0.05) is 39.4 Å². The normalized spacial score (nSPS) is 13.2. The molecule has 9 nitrogen and oxygen atoms in total. The van der Waals surface area contributed by atoms with E-state index in [-0.39, 0.29) is 17.9 Å². The van der Waals surface area contributed by atoms with E-state index >= 15 is 0 Å². The highest BCUT2D eigenvalue weighted by atomic mass is 16.5. The second kappa shape index (κ2) is 12.8. The molecule has 0 aliphatic carbocycles. The Morgan fingerprint density at radius 2 is 1.74 bits per heavy atom. The number of anilines is 2. The number of nitrogens with one attached hydrogen (secondary N) is 2. The van der Waals surface area contributed by atoms with Crippen LogP contribution in [0.25, 0.3) is 0 Å². The van der Waals surface area contributed by atoms with Gasteiger partial charge in [-0.2, -0.15) is 0 Å². The Morgan fingerprint density at radius 3 is 2.40 bits per heavy atom. The first kappa shape index (κ1) is 26.0. The standard InChI is InChI=1S/C26H34N4O5/c1-29(2)21-11-12-22(24(31)30-14-16-35-17-15-30)23(18-21)28-26(33)27-13-5-4-6-19-7-9-20(10-8-19)25(32)34-3/h7-12,18H,4-6,13-17H2,1-3H3,(H2,27,28,33). The zero-order valence-corrected chi connectivity index (χ0v) is 20.6. The van der Waals surface area contributed by atoms with Crippen molar-refractivity contribution in [1.82, 2.24) is 10.2 Å². The Bertz CT molecular complexity index is 1020. The van der Waals surface area contributed by atoms with Crippen molar-refractivity contribution in [3.8, 4) is 0 Å². The molecule has 1 heterocycles. The van der Waals surface area contributed by atoms with Crippen LogP contribution < -0.4 is 15.5 Å². The zero-order valence-electron chi connectivity index (χ0n) is 20.6. The largest absolute Gasteiger partial charge is 0.465 e. The fraction of sp³-hybridized carbons (Fsp3) is 0.423. The van der Waals surface area contributed by atoms with E-state index in [4.69, 9.17) is 9.47 Å². The third-order valence-electron chi connectivity index (χ3n) is 5.85. The van der Waals surface area contributed by atoms with Crippen molar-refractivity contribution < 1.29 is 23.9 Å². The third-order valence-corrected chi connectivity index (χ3v) is 5.85. The minimum absolute atomic E-state index is 0.118. The number of benzene rings is 2. The van der Waals surface area contributed by atoms with Crippen LogP contribution in [-0.2, 0) is 15.9 Å². The number of rotatable bonds is 9. The summed E-state index contributed by atoms with van der Waals surface area (Å²) in [5.41, 5.74) is 3.48. The molecule has 0 radical (unpaired) electrons. The molecule has 1 fully saturated rings. The van der Waals surface area contributed by atoms with Crippen molar-refractivity contribution in [3.63, 3.8) is 0 Å². The van der Waals surface area contributed by atoms with Crippen LogP contribution in [0.3, 0.4) is 0 Å². The number of nitrogens with zero attached hydrogens (tertiary/aromatic N) is 2. The molecule has 1 aliphatic heterocycles. The Morgan fingerprint density at radius 1 is 1.03 bits per heavy atom. The predicted octanol–water partition coefficient (Wildman–Crippen LogP) is 3.16. The van der Waals surface area contributed by atoms with Gasteiger partial charge in [-0.05, 0) is 55.2 Å². The highest BCUT2D eigenvalue weighted by molar-refractivity contribution is 6.04. The molecule has 1 saturated heterocycles. The van der Waals surface area contributed by atoms with Gasteiger partial charge in [0.2, 0.25) is 0 Å². The van der Waals surface area contributed by atoms with Crippen molar-refractivity contribution >= 4 is 29.3 Å². The highest BCUT2D eigenvalue weighted by Gasteiger charge is 2.22. The molecule has 35 heavy (non-hydrogen) atoms. The number of carbonyl (C=O) groups is 3. The third kappa shape index (κ3) is 7.45. The van der Waals surface area contributed by atoms with Gasteiger partial charge in [0.1, 0.15) is 0 Å². The van der Waals surface area contributed by atoms with Gasteiger partial charge in [-0.25, -0.2) is 9.59 Å². The number of ether oxygens (including phenoxy) is 2. The molecule has 0 spiro atoms. The Balaban J connectivity index is 1.51. The number of unbranched alkanes of at least 4 members (excludes halogenated alkanes) is 1. The molecule has 3 amide bonds. The summed E-state index contributed by atoms with van der Waals surface area (Å²) in [5, 5.41) is 5.73. The summed E-state index contributed by atoms with van der Waals surface area (Å²) in [7, 11) is 5.18. The van der Waals surface area contributed by atoms with E-state index in [2.05, 4.69) is 10.6 Å². The lowest BCUT2D eigenvalue weighted by Gasteiger charge is -2.28. The fourth-order valence-corrected chi connectivity index (χ4v) is 3.79. The number of morpholine rings is 1. The molecule has 188 valence electrons. The first-order chi connectivity index (χ1) is 16.9. The minimum Gasteiger partial charge on any atom is -0.465 e. The van der Waals surface area contributed by atoms with Gasteiger partial charge in [-0.1, -0.05) is 12.1 Å². The van der Waals surface area contributed by atoms with Crippen LogP contribution in [0.5, 0.6) is 0 Å². The maximum atomic E-state index is 13.1. The first-order valence-electron chi connectivity index (χ1n) is 11.8. The van der Waals surface area contributed by atoms with Gasteiger partial charge in [0.15, 0.2) is 0 Å². The van der Waals surface area contributed by atoms with Crippen LogP contribution in [-0.4, -0.2) is 76.9 Å². The van der Waals surface area contributed by atoms with E-state index in [1.807, 2.05) is 43.3 Å². The van der Waals surface area contributed by atoms with E-state index < -0.39 is 0 Å². The summed E-state index contributed by atoms with van der Waals surface area (Å²) in [4.78, 5) is 40.8. The number of esters is 1. The number of hydrogen-bond donors (Lipinski definition) is 2. The molecule has 0 aromatic heterocycles. The van der Waals surface area contributed by atoms with Gasteiger partial charge in [-0.15, -0.1) is 0 Å². The second-order valence-corrected chi connectivity index (χ2v) is 8.56. The SMILES string of the molecule is COC(=O)c1ccc(CCCCNC(=O)Nc2cc(N(C)C)ccc2C(=O)N2CCOCC2)cc1. The number of aryl methyl sites for hydroxylation is 1. The smallest absolute Gasteiger partial charge is 0.337 e. The van der Waals surface area contributed by atoms with Gasteiger partial charge in [0.05, 0.1) is 37.1 Å². The summed E-state index contributed by atoms with van der Waals surface area (Å²) in [6, 6.07) is 12.4. The molecular formula is C26H34N4O5. The minimum atomic E-state index is -0.349. The Kier molecular flexibility index (Phi) is 9.48. The average molecular weight is 483 g/mol. The average Bonchev–Trinajstić information content (AvgIpc) is 2.88. The molecule has 3 rings (SSSR count). The van der Waals surface area contributed by atoms with Crippen molar-refractivity contribution in [2.24, 2.45) is 0 Å². The van der Waals surface area contributed by atoms with Crippen LogP contribution in [0.2, 0.25) is 0 Å². The molecule has 2 aromatic carbocycles.